The van der Waals surface area contributed by atoms with E-state index in [0.29, 0.717) is 5.75 Å². The minimum absolute atomic E-state index is 0.0315. The van der Waals surface area contributed by atoms with Gasteiger partial charge in [-0.1, -0.05) is 12.1 Å². The summed E-state index contributed by atoms with van der Waals surface area (Å²) in [5.41, 5.74) is 3.88. The Balaban J connectivity index is 1.70. The van der Waals surface area contributed by atoms with Gasteiger partial charge < -0.3 is 14.7 Å². The smallest absolute Gasteiger partial charge is 0.328 e. The summed E-state index contributed by atoms with van der Waals surface area (Å²) in [5.74, 6) is -0.400. The van der Waals surface area contributed by atoms with E-state index in [-0.39, 0.29) is 38.8 Å². The molecule has 31 heavy (non-hydrogen) atoms. The number of carbonyl (C=O) groups excluding carboxylic acids is 2. The minimum Gasteiger partial charge on any atom is -0.491 e. The molecule has 168 valence electrons. The number of aliphatic hydroxyl groups is 1. The maximum Gasteiger partial charge on any atom is 0.328 e. The molecule has 1 unspecified atom stereocenters. The fraction of sp³-hybridized carbons (Fsp3) is 0.400. The van der Waals surface area contributed by atoms with Gasteiger partial charge in [0.2, 0.25) is 0 Å². The number of aliphatic hydroxyl groups excluding tert-OH is 1. The second kappa shape index (κ2) is 8.69. The van der Waals surface area contributed by atoms with Gasteiger partial charge in [0, 0.05) is 30.3 Å². The molecule has 1 atom stereocenters. The third-order valence-corrected chi connectivity index (χ3v) is 7.56. The summed E-state index contributed by atoms with van der Waals surface area (Å²) in [6.45, 7) is 1.67. The van der Waals surface area contributed by atoms with Crippen molar-refractivity contribution in [2.45, 2.75) is 24.6 Å². The lowest BCUT2D eigenvalue weighted by molar-refractivity contribution is -0.131. The molecule has 2 aromatic rings. The summed E-state index contributed by atoms with van der Waals surface area (Å²) < 4.78 is 29.2. The Bertz CT molecular complexity index is 1080. The maximum absolute atomic E-state index is 12.8. The van der Waals surface area contributed by atoms with Crippen LogP contribution in [-0.4, -0.2) is 70.9 Å². The molecule has 1 aromatic heterocycles. The monoisotopic (exact) mass is 451 g/mol. The van der Waals surface area contributed by atoms with Gasteiger partial charge in [0.25, 0.3) is 5.91 Å². The number of rotatable bonds is 9. The van der Waals surface area contributed by atoms with Gasteiger partial charge in [-0.2, -0.15) is 0 Å². The lowest BCUT2D eigenvalue weighted by atomic mass is 10.1. The lowest BCUT2D eigenvalue weighted by Crippen LogP contribution is -2.50. The van der Waals surface area contributed by atoms with Gasteiger partial charge in [0.1, 0.15) is 12.4 Å². The number of ether oxygens (including phenoxy) is 1. The van der Waals surface area contributed by atoms with E-state index in [1.54, 1.807) is 18.3 Å². The van der Waals surface area contributed by atoms with E-state index < -0.39 is 20.5 Å². The summed E-state index contributed by atoms with van der Waals surface area (Å²) in [4.78, 5) is 26.2. The maximum atomic E-state index is 12.8. The number of nitrogens with zero attached hydrogens (tertiary/aromatic N) is 2. The lowest BCUT2D eigenvalue weighted by Gasteiger charge is -2.27. The van der Waals surface area contributed by atoms with Gasteiger partial charge in [-0.25, -0.2) is 18.7 Å². The van der Waals surface area contributed by atoms with Crippen molar-refractivity contribution in [2.75, 3.05) is 26.0 Å². The number of hydrogen-bond acceptors (Lipinski definition) is 7. The van der Waals surface area contributed by atoms with E-state index >= 15 is 0 Å². The number of carbonyl (C=O) groups is 2. The van der Waals surface area contributed by atoms with Crippen LogP contribution in [0.4, 0.5) is 4.79 Å². The van der Waals surface area contributed by atoms with Crippen molar-refractivity contribution >= 4 is 21.8 Å². The molecule has 1 aromatic carbocycles. The Morgan fingerprint density at radius 1 is 1.26 bits per heavy atom. The minimum atomic E-state index is -3.83. The van der Waals surface area contributed by atoms with Crippen molar-refractivity contribution in [2.24, 2.45) is 0 Å². The van der Waals surface area contributed by atoms with Crippen LogP contribution < -0.4 is 10.2 Å². The third-order valence-electron chi connectivity index (χ3n) is 5.54. The summed E-state index contributed by atoms with van der Waals surface area (Å²) in [7, 11) is -3.83. The quantitative estimate of drug-likeness (QED) is 0.382. The Morgan fingerprint density at radius 2 is 1.94 bits per heavy atom. The number of sulfone groups is 1. The molecular weight excluding hydrogens is 426 g/mol. The van der Waals surface area contributed by atoms with Crippen molar-refractivity contribution in [1.82, 2.24) is 14.9 Å². The highest BCUT2D eigenvalue weighted by Gasteiger charge is 2.44. The Kier molecular flexibility index (Phi) is 6.39. The molecule has 10 nitrogen and oxygen atoms in total. The zero-order valence-corrected chi connectivity index (χ0v) is 18.1. The zero-order valence-electron chi connectivity index (χ0n) is 17.2. The zero-order chi connectivity index (χ0) is 22.8. The first-order chi connectivity index (χ1) is 14.6. The molecule has 0 aliphatic carbocycles. The SMILES string of the molecule is CC(CCN1Cc2cc(-c3ccc(OCCO)cc3)cn2C1=O)(C(=O)NO)S(C)(=O)=O. The fourth-order valence-corrected chi connectivity index (χ4v) is 4.24. The number of nitrogens with one attached hydrogen (secondary N) is 1. The molecule has 1 aliphatic heterocycles. The molecule has 11 heteroatoms. The average molecular weight is 452 g/mol. The first-order valence-electron chi connectivity index (χ1n) is 9.59. The van der Waals surface area contributed by atoms with E-state index in [1.165, 1.54) is 21.9 Å². The number of benzene rings is 1. The second-order valence-electron chi connectivity index (χ2n) is 7.58. The Hall–Kier alpha value is -2.89. The predicted molar refractivity (Wildman–Crippen MR) is 111 cm³/mol. The highest BCUT2D eigenvalue weighted by molar-refractivity contribution is 7.92. The van der Waals surface area contributed by atoms with Crippen molar-refractivity contribution in [3.8, 4) is 16.9 Å². The van der Waals surface area contributed by atoms with Crippen LogP contribution in [0.5, 0.6) is 5.75 Å². The summed E-state index contributed by atoms with van der Waals surface area (Å²) in [6.07, 6.45) is 2.47. The number of hydroxylamine groups is 1. The molecule has 0 fully saturated rings. The third kappa shape index (κ3) is 4.43. The number of aromatic nitrogens is 1. The van der Waals surface area contributed by atoms with Crippen molar-refractivity contribution < 1.29 is 33.1 Å². The molecule has 0 spiro atoms. The van der Waals surface area contributed by atoms with Crippen LogP contribution in [0.3, 0.4) is 0 Å². The van der Waals surface area contributed by atoms with Crippen LogP contribution in [0.2, 0.25) is 0 Å². The predicted octanol–water partition coefficient (Wildman–Crippen LogP) is 1.01. The topological polar surface area (TPSA) is 138 Å². The fourth-order valence-electron chi connectivity index (χ4n) is 3.40. The van der Waals surface area contributed by atoms with Gasteiger partial charge in [0.15, 0.2) is 14.6 Å². The molecule has 0 saturated heterocycles. The summed E-state index contributed by atoms with van der Waals surface area (Å²) >= 11 is 0. The van der Waals surface area contributed by atoms with Crippen molar-refractivity contribution in [1.29, 1.82) is 0 Å². The van der Waals surface area contributed by atoms with Crippen LogP contribution in [-0.2, 0) is 21.2 Å². The van der Waals surface area contributed by atoms with E-state index in [0.717, 1.165) is 23.1 Å². The van der Waals surface area contributed by atoms with Gasteiger partial charge in [-0.05, 0) is 37.1 Å². The summed E-state index contributed by atoms with van der Waals surface area (Å²) in [5, 5.41) is 17.7. The molecule has 1 aliphatic rings. The van der Waals surface area contributed by atoms with Crippen LogP contribution in [0.25, 0.3) is 11.1 Å². The van der Waals surface area contributed by atoms with Crippen LogP contribution in [0.1, 0.15) is 19.0 Å². The van der Waals surface area contributed by atoms with Crippen molar-refractivity contribution in [3.63, 3.8) is 0 Å². The van der Waals surface area contributed by atoms with Gasteiger partial charge in [0.05, 0.1) is 13.2 Å². The van der Waals surface area contributed by atoms with Crippen LogP contribution in [0, 0.1) is 0 Å². The first kappa shape index (κ1) is 22.8. The molecule has 3 N–H and O–H groups in total. The molecule has 3 rings (SSSR count). The van der Waals surface area contributed by atoms with Gasteiger partial charge >= 0.3 is 6.03 Å². The van der Waals surface area contributed by atoms with E-state index in [2.05, 4.69) is 0 Å². The number of hydrogen-bond donors (Lipinski definition) is 3. The van der Waals surface area contributed by atoms with Gasteiger partial charge in [-0.3, -0.25) is 14.6 Å². The van der Waals surface area contributed by atoms with Gasteiger partial charge in [-0.15, -0.1) is 0 Å². The van der Waals surface area contributed by atoms with E-state index in [9.17, 15) is 18.0 Å². The average Bonchev–Trinajstić information content (AvgIpc) is 3.28. The first-order valence-corrected chi connectivity index (χ1v) is 11.5. The van der Waals surface area contributed by atoms with Crippen LogP contribution in [0.15, 0.2) is 36.5 Å². The highest BCUT2D eigenvalue weighted by Crippen LogP contribution is 2.30. The Morgan fingerprint density at radius 3 is 2.48 bits per heavy atom. The molecule has 2 amide bonds. The van der Waals surface area contributed by atoms with Crippen molar-refractivity contribution in [3.05, 3.63) is 42.2 Å². The summed E-state index contributed by atoms with van der Waals surface area (Å²) in [6, 6.07) is 8.82. The van der Waals surface area contributed by atoms with E-state index in [1.807, 2.05) is 18.2 Å². The Labute approximate surface area is 179 Å². The number of amides is 2. The van der Waals surface area contributed by atoms with Crippen LogP contribution >= 0.6 is 0 Å². The molecule has 2 heterocycles. The van der Waals surface area contributed by atoms with E-state index in [4.69, 9.17) is 15.1 Å². The second-order valence-corrected chi connectivity index (χ2v) is 10.0. The molecule has 0 radical (unpaired) electrons. The highest BCUT2D eigenvalue weighted by atomic mass is 32.2. The molecule has 0 saturated carbocycles. The largest absolute Gasteiger partial charge is 0.491 e. The normalized spacial score (nSPS) is 15.5. The standard InChI is InChI=1S/C20H25N3O7S/c1-20(18(25)21-27,31(2,28)29)7-8-22-13-16-11-15(12-23(16)19(22)26)14-3-5-17(6-4-14)30-10-9-24/h3-6,11-12,24,27H,7-10,13H2,1-2H3,(H,21,25). The number of fused-ring (bicyclic) bond motifs is 1. The molecule has 0 bridgehead atoms. The molecular formula is C20H25N3O7S.